The first-order valence-electron chi connectivity index (χ1n) is 13.0. The predicted octanol–water partition coefficient (Wildman–Crippen LogP) is 5.08. The maximum atomic E-state index is 13.7. The third kappa shape index (κ3) is 5.52. The smallest absolute Gasteiger partial charge is 0.260 e. The number of carbonyl (C=O) groups is 1. The lowest BCUT2D eigenvalue weighted by atomic mass is 10.1. The standard InChI is InChI=1S/C27H33N3O5S2/c1-3-34-21-11-14-24-25(17-21)36-27(28-24)29(18-22-8-6-16-35-22)26(31)20-9-12-23(13-10-20)37(32,33)30-15-5-4-7-19(30)2/h9-14,17,19,22H,3-8,15-16,18H2,1-2H3. The summed E-state index contributed by atoms with van der Waals surface area (Å²) >= 11 is 1.43. The van der Waals surface area contributed by atoms with Gasteiger partial charge in [-0.1, -0.05) is 17.8 Å². The average Bonchev–Trinajstić information content (AvgIpc) is 3.57. The second kappa shape index (κ2) is 11.1. The molecule has 2 aliphatic heterocycles. The van der Waals surface area contributed by atoms with Crippen LogP contribution in [0.1, 0.15) is 56.3 Å². The summed E-state index contributed by atoms with van der Waals surface area (Å²) in [6.45, 7) is 6.07. The number of hydrogen-bond donors (Lipinski definition) is 0. The quantitative estimate of drug-likeness (QED) is 0.394. The number of ether oxygens (including phenoxy) is 2. The fraction of sp³-hybridized carbons (Fsp3) is 0.481. The summed E-state index contributed by atoms with van der Waals surface area (Å²) < 4.78 is 40.4. The maximum Gasteiger partial charge on any atom is 0.260 e. The van der Waals surface area contributed by atoms with Gasteiger partial charge in [-0.3, -0.25) is 9.69 Å². The van der Waals surface area contributed by atoms with Gasteiger partial charge in [0.05, 0.1) is 34.4 Å². The molecule has 0 spiro atoms. The fourth-order valence-corrected chi connectivity index (χ4v) is 7.70. The van der Waals surface area contributed by atoms with Crippen LogP contribution in [0.4, 0.5) is 5.13 Å². The van der Waals surface area contributed by atoms with Crippen molar-refractivity contribution in [2.75, 3.05) is 31.2 Å². The Hall–Kier alpha value is -2.53. The number of nitrogens with zero attached hydrogens (tertiary/aromatic N) is 3. The minimum Gasteiger partial charge on any atom is -0.494 e. The first-order valence-corrected chi connectivity index (χ1v) is 15.2. The molecule has 2 unspecified atom stereocenters. The molecule has 3 aromatic rings. The van der Waals surface area contributed by atoms with Gasteiger partial charge in [-0.25, -0.2) is 13.4 Å². The molecule has 2 saturated heterocycles. The van der Waals surface area contributed by atoms with Gasteiger partial charge in [0.2, 0.25) is 10.0 Å². The number of aromatic nitrogens is 1. The molecule has 0 N–H and O–H groups in total. The van der Waals surface area contributed by atoms with Gasteiger partial charge in [0, 0.05) is 24.8 Å². The average molecular weight is 544 g/mol. The van der Waals surface area contributed by atoms with E-state index in [9.17, 15) is 13.2 Å². The molecule has 1 amide bonds. The van der Waals surface area contributed by atoms with Crippen LogP contribution in [0.2, 0.25) is 0 Å². The molecule has 2 aromatic carbocycles. The van der Waals surface area contributed by atoms with Crippen molar-refractivity contribution in [2.24, 2.45) is 0 Å². The van der Waals surface area contributed by atoms with Crippen molar-refractivity contribution < 1.29 is 22.7 Å². The molecule has 2 fully saturated rings. The van der Waals surface area contributed by atoms with Crippen LogP contribution in [-0.2, 0) is 14.8 Å². The van der Waals surface area contributed by atoms with E-state index in [1.165, 1.54) is 11.3 Å². The Kier molecular flexibility index (Phi) is 7.80. The van der Waals surface area contributed by atoms with Crippen LogP contribution in [0.15, 0.2) is 47.4 Å². The Balaban J connectivity index is 1.43. The summed E-state index contributed by atoms with van der Waals surface area (Å²) in [6, 6.07) is 12.0. The summed E-state index contributed by atoms with van der Waals surface area (Å²) in [4.78, 5) is 20.4. The van der Waals surface area contributed by atoms with Crippen LogP contribution < -0.4 is 9.64 Å². The van der Waals surface area contributed by atoms with Crippen molar-refractivity contribution in [3.8, 4) is 5.75 Å². The lowest BCUT2D eigenvalue weighted by molar-refractivity contribution is 0.0917. The third-order valence-electron chi connectivity index (χ3n) is 7.00. The zero-order valence-corrected chi connectivity index (χ0v) is 22.9. The number of benzene rings is 2. The maximum absolute atomic E-state index is 13.7. The number of rotatable bonds is 8. The third-order valence-corrected chi connectivity index (χ3v) is 10.1. The predicted molar refractivity (Wildman–Crippen MR) is 145 cm³/mol. The van der Waals surface area contributed by atoms with Crippen molar-refractivity contribution >= 4 is 42.6 Å². The van der Waals surface area contributed by atoms with Gasteiger partial charge in [0.25, 0.3) is 5.91 Å². The number of hydrogen-bond acceptors (Lipinski definition) is 7. The summed E-state index contributed by atoms with van der Waals surface area (Å²) in [6.07, 6.45) is 4.56. The van der Waals surface area contributed by atoms with Crippen LogP contribution in [-0.4, -0.2) is 62.1 Å². The van der Waals surface area contributed by atoms with Gasteiger partial charge in [0.15, 0.2) is 5.13 Å². The highest BCUT2D eigenvalue weighted by atomic mass is 32.2. The zero-order valence-electron chi connectivity index (χ0n) is 21.3. The van der Waals surface area contributed by atoms with E-state index < -0.39 is 10.0 Å². The number of amides is 1. The first-order chi connectivity index (χ1) is 17.9. The van der Waals surface area contributed by atoms with E-state index in [-0.39, 0.29) is 22.9 Å². The van der Waals surface area contributed by atoms with Gasteiger partial charge in [0.1, 0.15) is 5.75 Å². The van der Waals surface area contributed by atoms with Crippen molar-refractivity contribution in [1.29, 1.82) is 0 Å². The fourth-order valence-electron chi connectivity index (χ4n) is 4.99. The zero-order chi connectivity index (χ0) is 26.0. The van der Waals surface area contributed by atoms with E-state index in [4.69, 9.17) is 14.5 Å². The molecule has 10 heteroatoms. The summed E-state index contributed by atoms with van der Waals surface area (Å²) in [5.74, 6) is 0.539. The van der Waals surface area contributed by atoms with Crippen LogP contribution >= 0.6 is 11.3 Å². The van der Waals surface area contributed by atoms with Crippen molar-refractivity contribution in [2.45, 2.75) is 63.0 Å². The molecule has 0 saturated carbocycles. The second-order valence-corrected chi connectivity index (χ2v) is 12.5. The summed E-state index contributed by atoms with van der Waals surface area (Å²) in [5, 5.41) is 0.586. The lowest BCUT2D eigenvalue weighted by Crippen LogP contribution is -2.42. The Labute approximate surface area is 222 Å². The minimum absolute atomic E-state index is 0.0239. The van der Waals surface area contributed by atoms with Gasteiger partial charge >= 0.3 is 0 Å². The molecule has 0 radical (unpaired) electrons. The van der Waals surface area contributed by atoms with E-state index in [1.54, 1.807) is 33.5 Å². The molecule has 198 valence electrons. The Morgan fingerprint density at radius 2 is 1.97 bits per heavy atom. The summed E-state index contributed by atoms with van der Waals surface area (Å²) in [5.41, 5.74) is 1.21. The number of thiazole rings is 1. The SMILES string of the molecule is CCOc1ccc2nc(N(CC3CCCO3)C(=O)c3ccc(S(=O)(=O)N4CCCCC4C)cc3)sc2c1. The number of piperidine rings is 1. The van der Waals surface area contributed by atoms with E-state index >= 15 is 0 Å². The van der Waals surface area contributed by atoms with Gasteiger partial charge in [-0.15, -0.1) is 0 Å². The molecule has 2 aliphatic rings. The highest BCUT2D eigenvalue weighted by molar-refractivity contribution is 7.89. The van der Waals surface area contributed by atoms with Crippen LogP contribution in [0.3, 0.4) is 0 Å². The highest BCUT2D eigenvalue weighted by Crippen LogP contribution is 2.33. The van der Waals surface area contributed by atoms with Crippen LogP contribution in [0.25, 0.3) is 10.2 Å². The Morgan fingerprint density at radius 1 is 1.16 bits per heavy atom. The molecular formula is C27H33N3O5S2. The minimum atomic E-state index is -3.60. The van der Waals surface area contributed by atoms with Crippen molar-refractivity contribution in [3.05, 3.63) is 48.0 Å². The van der Waals surface area contributed by atoms with Crippen LogP contribution in [0.5, 0.6) is 5.75 Å². The largest absolute Gasteiger partial charge is 0.494 e. The topological polar surface area (TPSA) is 89.0 Å². The highest BCUT2D eigenvalue weighted by Gasteiger charge is 2.32. The molecule has 5 rings (SSSR count). The molecular weight excluding hydrogens is 510 g/mol. The monoisotopic (exact) mass is 543 g/mol. The molecule has 0 aliphatic carbocycles. The van der Waals surface area contributed by atoms with E-state index in [0.29, 0.717) is 37.0 Å². The Bertz CT molecular complexity index is 1350. The van der Waals surface area contributed by atoms with Crippen molar-refractivity contribution in [3.63, 3.8) is 0 Å². The van der Waals surface area contributed by atoms with E-state index in [0.717, 1.165) is 48.1 Å². The first kappa shape index (κ1) is 26.1. The summed E-state index contributed by atoms with van der Waals surface area (Å²) in [7, 11) is -3.60. The normalized spacial score (nSPS) is 20.8. The van der Waals surface area contributed by atoms with E-state index in [1.807, 2.05) is 32.0 Å². The molecule has 1 aromatic heterocycles. The molecule has 2 atom stereocenters. The molecule has 37 heavy (non-hydrogen) atoms. The second-order valence-electron chi connectivity index (χ2n) is 9.59. The number of anilines is 1. The van der Waals surface area contributed by atoms with Gasteiger partial charge in [-0.05, 0) is 82.0 Å². The molecule has 0 bridgehead atoms. The number of sulfonamides is 1. The van der Waals surface area contributed by atoms with Gasteiger partial charge in [-0.2, -0.15) is 4.31 Å². The number of carbonyl (C=O) groups excluding carboxylic acids is 1. The Morgan fingerprint density at radius 3 is 2.68 bits per heavy atom. The van der Waals surface area contributed by atoms with E-state index in [2.05, 4.69) is 0 Å². The number of fused-ring (bicyclic) bond motifs is 1. The van der Waals surface area contributed by atoms with Crippen molar-refractivity contribution in [1.82, 2.24) is 9.29 Å². The molecule has 3 heterocycles. The lowest BCUT2D eigenvalue weighted by Gasteiger charge is -2.32. The van der Waals surface area contributed by atoms with Crippen LogP contribution in [0, 0.1) is 0 Å². The van der Waals surface area contributed by atoms with Gasteiger partial charge < -0.3 is 9.47 Å². The molecule has 8 nitrogen and oxygen atoms in total.